The SMILES string of the molecule is CNc1nc(N2N=C(c3ccccc3)[NH2+]N2c2ccccc2)sc1NC.[Br-]. The van der Waals surface area contributed by atoms with Gasteiger partial charge in [0.15, 0.2) is 5.82 Å². The minimum absolute atomic E-state index is 0. The van der Waals surface area contributed by atoms with Crippen LogP contribution in [0.1, 0.15) is 5.56 Å². The van der Waals surface area contributed by atoms with Crippen LogP contribution in [0.25, 0.3) is 0 Å². The molecule has 0 saturated heterocycles. The van der Waals surface area contributed by atoms with Gasteiger partial charge in [-0.25, -0.2) is 0 Å². The van der Waals surface area contributed by atoms with Gasteiger partial charge in [-0.3, -0.25) is 0 Å². The molecule has 27 heavy (non-hydrogen) atoms. The average Bonchev–Trinajstić information content (AvgIpc) is 3.33. The lowest BCUT2D eigenvalue weighted by Gasteiger charge is -2.21. The van der Waals surface area contributed by atoms with Gasteiger partial charge in [0.2, 0.25) is 5.13 Å². The molecule has 9 heteroatoms. The van der Waals surface area contributed by atoms with Crippen LogP contribution in [0.5, 0.6) is 0 Å². The smallest absolute Gasteiger partial charge is 0.277 e. The first-order chi connectivity index (χ1) is 12.8. The summed E-state index contributed by atoms with van der Waals surface area (Å²) >= 11 is 1.55. The molecule has 2 aromatic carbocycles. The number of amidine groups is 1. The number of quaternary nitrogens is 1. The number of rotatable bonds is 5. The lowest BCUT2D eigenvalue weighted by Crippen LogP contribution is -3.00. The van der Waals surface area contributed by atoms with Gasteiger partial charge >= 0.3 is 0 Å². The molecular formula is C18H20BrN7S. The van der Waals surface area contributed by atoms with Crippen LogP contribution in [-0.2, 0) is 0 Å². The zero-order valence-corrected chi connectivity index (χ0v) is 17.3. The fourth-order valence-corrected chi connectivity index (χ4v) is 3.60. The standard InChI is InChI=1S/C18H19N7S.BrH/c1-19-16-17(20-2)26-18(21-16)25-23-15(13-9-5-3-6-10-13)22-24(25)14-11-7-4-8-12-14;/h3-12,19-20H,1-2H3,(H,22,23);1H. The van der Waals surface area contributed by atoms with Crippen LogP contribution in [-0.4, -0.2) is 24.9 Å². The molecule has 0 bridgehead atoms. The topological polar surface area (TPSA) is 72.4 Å². The van der Waals surface area contributed by atoms with Crippen LogP contribution in [0.3, 0.4) is 0 Å². The Kier molecular flexibility index (Phi) is 5.94. The van der Waals surface area contributed by atoms with E-state index in [2.05, 4.69) is 39.9 Å². The van der Waals surface area contributed by atoms with E-state index in [9.17, 15) is 0 Å². The summed E-state index contributed by atoms with van der Waals surface area (Å²) in [5, 5.41) is 16.7. The summed E-state index contributed by atoms with van der Waals surface area (Å²) in [4.78, 5) is 4.69. The highest BCUT2D eigenvalue weighted by molar-refractivity contribution is 7.20. The lowest BCUT2D eigenvalue weighted by atomic mass is 10.2. The van der Waals surface area contributed by atoms with E-state index in [0.717, 1.165) is 33.0 Å². The second-order valence-electron chi connectivity index (χ2n) is 5.62. The summed E-state index contributed by atoms with van der Waals surface area (Å²) < 4.78 is 0. The third-order valence-corrected chi connectivity index (χ3v) is 5.03. The Labute approximate surface area is 172 Å². The Hall–Kier alpha value is -2.62. The van der Waals surface area contributed by atoms with Crippen LogP contribution in [0.15, 0.2) is 65.8 Å². The molecule has 0 atom stereocenters. The lowest BCUT2D eigenvalue weighted by molar-refractivity contribution is -0.545. The minimum atomic E-state index is 0. The molecule has 140 valence electrons. The highest BCUT2D eigenvalue weighted by atomic mass is 79.9. The zero-order chi connectivity index (χ0) is 17.9. The second kappa shape index (κ2) is 8.38. The van der Waals surface area contributed by atoms with Crippen molar-refractivity contribution in [1.29, 1.82) is 0 Å². The van der Waals surface area contributed by atoms with Crippen molar-refractivity contribution in [3.8, 4) is 0 Å². The first-order valence-electron chi connectivity index (χ1n) is 8.29. The maximum absolute atomic E-state index is 4.82. The van der Waals surface area contributed by atoms with E-state index in [1.165, 1.54) is 0 Å². The van der Waals surface area contributed by atoms with Crippen molar-refractivity contribution >= 4 is 38.8 Å². The quantitative estimate of drug-likeness (QED) is 0.453. The number of thiazole rings is 1. The molecule has 0 amide bonds. The number of anilines is 4. The Bertz CT molecular complexity index is 892. The number of para-hydroxylation sites is 1. The van der Waals surface area contributed by atoms with Gasteiger partial charge in [0.25, 0.3) is 5.84 Å². The number of hydrazine groups is 1. The highest BCUT2D eigenvalue weighted by Crippen LogP contribution is 2.35. The first kappa shape index (κ1) is 19.2. The van der Waals surface area contributed by atoms with Gasteiger partial charge in [-0.1, -0.05) is 58.0 Å². The molecule has 2 heterocycles. The van der Waals surface area contributed by atoms with Gasteiger partial charge in [0.05, 0.1) is 5.56 Å². The van der Waals surface area contributed by atoms with Crippen molar-refractivity contribution in [2.75, 3.05) is 35.0 Å². The van der Waals surface area contributed by atoms with Crippen molar-refractivity contribution in [3.63, 3.8) is 0 Å². The fraction of sp³-hybridized carbons (Fsp3) is 0.111. The van der Waals surface area contributed by atoms with Gasteiger partial charge in [-0.15, -0.1) is 5.12 Å². The molecule has 4 N–H and O–H groups in total. The van der Waals surface area contributed by atoms with E-state index in [1.54, 1.807) is 11.3 Å². The third kappa shape index (κ3) is 3.75. The minimum Gasteiger partial charge on any atom is -1.00 e. The van der Waals surface area contributed by atoms with Crippen molar-refractivity contribution < 1.29 is 22.4 Å². The normalized spacial score (nSPS) is 13.2. The maximum Gasteiger partial charge on any atom is 0.277 e. The number of hydrogen-bond acceptors (Lipinski definition) is 7. The fourth-order valence-electron chi connectivity index (χ4n) is 2.72. The monoisotopic (exact) mass is 445 g/mol. The van der Waals surface area contributed by atoms with E-state index in [-0.39, 0.29) is 17.0 Å². The summed E-state index contributed by atoms with van der Waals surface area (Å²) in [6, 6.07) is 20.3. The largest absolute Gasteiger partial charge is 1.00 e. The number of hydrazone groups is 1. The maximum atomic E-state index is 4.82. The van der Waals surface area contributed by atoms with E-state index < -0.39 is 0 Å². The molecule has 1 aliphatic rings. The number of aromatic nitrogens is 1. The summed E-state index contributed by atoms with van der Waals surface area (Å²) in [7, 11) is 3.76. The summed E-state index contributed by atoms with van der Waals surface area (Å²) in [6.07, 6.45) is 0. The molecule has 0 radical (unpaired) electrons. The number of nitrogens with one attached hydrogen (secondary N) is 2. The molecule has 3 aromatic rings. The van der Waals surface area contributed by atoms with Crippen LogP contribution >= 0.6 is 11.3 Å². The summed E-state index contributed by atoms with van der Waals surface area (Å²) in [5.74, 6) is 1.70. The van der Waals surface area contributed by atoms with Crippen LogP contribution < -0.4 is 43.3 Å². The van der Waals surface area contributed by atoms with Crippen LogP contribution in [0.2, 0.25) is 0 Å². The molecule has 1 aromatic heterocycles. The van der Waals surface area contributed by atoms with Gasteiger partial charge in [0, 0.05) is 14.1 Å². The molecule has 0 fully saturated rings. The number of nitrogens with two attached hydrogens (primary N) is 1. The van der Waals surface area contributed by atoms with Crippen molar-refractivity contribution in [2.45, 2.75) is 0 Å². The molecule has 4 rings (SSSR count). The van der Waals surface area contributed by atoms with E-state index >= 15 is 0 Å². The molecule has 0 spiro atoms. The Balaban J connectivity index is 0.00000210. The van der Waals surface area contributed by atoms with Crippen molar-refractivity contribution in [2.24, 2.45) is 5.10 Å². The van der Waals surface area contributed by atoms with Crippen molar-refractivity contribution in [1.82, 2.24) is 4.98 Å². The average molecular weight is 446 g/mol. The number of halogens is 1. The predicted molar refractivity (Wildman–Crippen MR) is 108 cm³/mol. The molecule has 0 unspecified atom stereocenters. The van der Waals surface area contributed by atoms with E-state index in [4.69, 9.17) is 5.10 Å². The molecule has 0 aliphatic carbocycles. The molecule has 7 nitrogen and oxygen atoms in total. The first-order valence-corrected chi connectivity index (χ1v) is 9.11. The molecular weight excluding hydrogens is 426 g/mol. The second-order valence-corrected chi connectivity index (χ2v) is 6.60. The van der Waals surface area contributed by atoms with Crippen LogP contribution in [0.4, 0.5) is 21.6 Å². The number of benzene rings is 2. The van der Waals surface area contributed by atoms with Gasteiger partial charge < -0.3 is 27.6 Å². The number of hydrogen-bond donors (Lipinski definition) is 3. The van der Waals surface area contributed by atoms with Gasteiger partial charge in [0.1, 0.15) is 10.7 Å². The number of nitrogens with zero attached hydrogens (tertiary/aromatic N) is 4. The van der Waals surface area contributed by atoms with Crippen LogP contribution in [0, 0.1) is 0 Å². The highest BCUT2D eigenvalue weighted by Gasteiger charge is 2.33. The predicted octanol–water partition coefficient (Wildman–Crippen LogP) is -0.688. The van der Waals surface area contributed by atoms with Gasteiger partial charge in [-0.05, 0) is 24.3 Å². The Morgan fingerprint density at radius 3 is 2.19 bits per heavy atom. The van der Waals surface area contributed by atoms with Crippen molar-refractivity contribution in [3.05, 3.63) is 66.2 Å². The Morgan fingerprint density at radius 1 is 0.926 bits per heavy atom. The van der Waals surface area contributed by atoms with E-state index in [1.807, 2.05) is 66.2 Å². The summed E-state index contributed by atoms with van der Waals surface area (Å²) in [6.45, 7) is 0. The molecule has 0 saturated carbocycles. The summed E-state index contributed by atoms with van der Waals surface area (Å²) in [5.41, 5.74) is 4.12. The van der Waals surface area contributed by atoms with E-state index in [0.29, 0.717) is 0 Å². The molecule has 1 aliphatic heterocycles. The third-order valence-electron chi connectivity index (χ3n) is 3.99. The zero-order valence-electron chi connectivity index (χ0n) is 14.9. The Morgan fingerprint density at radius 2 is 1.59 bits per heavy atom. The van der Waals surface area contributed by atoms with Gasteiger partial charge in [-0.2, -0.15) is 10.4 Å².